The second-order valence-corrected chi connectivity index (χ2v) is 5.45. The highest BCUT2D eigenvalue weighted by molar-refractivity contribution is 5.90. The van der Waals surface area contributed by atoms with Gasteiger partial charge in [-0.25, -0.2) is 13.6 Å². The summed E-state index contributed by atoms with van der Waals surface area (Å²) in [4.78, 5) is 12.1. The smallest absolute Gasteiger partial charge is 0.338 e. The molecule has 6 nitrogen and oxygen atoms in total. The largest absolute Gasteiger partial charge is 0.455 e. The summed E-state index contributed by atoms with van der Waals surface area (Å²) in [5.74, 6) is -0.912. The summed E-state index contributed by atoms with van der Waals surface area (Å²) in [7, 11) is 0. The van der Waals surface area contributed by atoms with Gasteiger partial charge in [0.25, 0.3) is 0 Å². The van der Waals surface area contributed by atoms with Crippen LogP contribution in [0.1, 0.15) is 16.1 Å². The van der Waals surface area contributed by atoms with Gasteiger partial charge < -0.3 is 18.7 Å². The van der Waals surface area contributed by atoms with Crippen LogP contribution in [0.4, 0.5) is 8.78 Å². The summed E-state index contributed by atoms with van der Waals surface area (Å²) in [5, 5.41) is 3.72. The molecule has 1 aliphatic heterocycles. The lowest BCUT2D eigenvalue weighted by Gasteiger charge is -2.03. The molecule has 0 atom stereocenters. The average Bonchev–Trinajstić information content (AvgIpc) is 3.28. The first-order valence-electron chi connectivity index (χ1n) is 7.58. The van der Waals surface area contributed by atoms with Crippen LogP contribution in [0.25, 0.3) is 11.3 Å². The van der Waals surface area contributed by atoms with Crippen LogP contribution >= 0.6 is 0 Å². The second kappa shape index (κ2) is 6.47. The number of rotatable bonds is 4. The summed E-state index contributed by atoms with van der Waals surface area (Å²) in [6, 6.07) is 9.21. The number of hydrogen-bond donors (Lipinski definition) is 0. The van der Waals surface area contributed by atoms with Crippen LogP contribution in [0, 0.1) is 11.6 Å². The third-order valence-corrected chi connectivity index (χ3v) is 3.71. The lowest BCUT2D eigenvalue weighted by atomic mass is 10.1. The molecule has 0 aliphatic carbocycles. The van der Waals surface area contributed by atoms with Gasteiger partial charge in [-0.05, 0) is 30.3 Å². The monoisotopic (exact) mass is 359 g/mol. The predicted octanol–water partition coefficient (Wildman–Crippen LogP) is 3.71. The van der Waals surface area contributed by atoms with Crippen molar-refractivity contribution in [3.05, 3.63) is 65.4 Å². The zero-order valence-corrected chi connectivity index (χ0v) is 13.2. The van der Waals surface area contributed by atoms with E-state index in [-0.39, 0.29) is 30.4 Å². The molecule has 0 bridgehead atoms. The molecule has 1 aromatic heterocycles. The van der Waals surface area contributed by atoms with Gasteiger partial charge in [-0.2, -0.15) is 0 Å². The minimum Gasteiger partial charge on any atom is -0.455 e. The topological polar surface area (TPSA) is 70.8 Å². The lowest BCUT2D eigenvalue weighted by Crippen LogP contribution is -2.05. The van der Waals surface area contributed by atoms with Crippen LogP contribution in [0.3, 0.4) is 0 Å². The Labute approximate surface area is 145 Å². The molecule has 0 spiro atoms. The van der Waals surface area contributed by atoms with Crippen molar-refractivity contribution in [3.63, 3.8) is 0 Å². The van der Waals surface area contributed by atoms with Gasteiger partial charge in [0.2, 0.25) is 6.79 Å². The first-order chi connectivity index (χ1) is 12.6. The maximum Gasteiger partial charge on any atom is 0.338 e. The van der Waals surface area contributed by atoms with Crippen LogP contribution < -0.4 is 9.47 Å². The first-order valence-corrected chi connectivity index (χ1v) is 7.58. The number of esters is 1. The molecule has 26 heavy (non-hydrogen) atoms. The van der Waals surface area contributed by atoms with Gasteiger partial charge in [-0.1, -0.05) is 5.16 Å². The van der Waals surface area contributed by atoms with Crippen LogP contribution in [0.5, 0.6) is 11.5 Å². The molecule has 132 valence electrons. The molecule has 2 aromatic carbocycles. The summed E-state index contributed by atoms with van der Waals surface area (Å²) < 4.78 is 47.3. The van der Waals surface area contributed by atoms with Gasteiger partial charge in [0, 0.05) is 12.1 Å². The molecule has 8 heteroatoms. The molecule has 0 radical (unpaired) electrons. The summed E-state index contributed by atoms with van der Waals surface area (Å²) in [5.41, 5.74) is 0.646. The minimum absolute atomic E-state index is 0.0623. The molecule has 2 heterocycles. The van der Waals surface area contributed by atoms with Crippen molar-refractivity contribution in [3.8, 4) is 22.8 Å². The summed E-state index contributed by atoms with van der Waals surface area (Å²) in [6.07, 6.45) is 0. The molecule has 4 rings (SSSR count). The van der Waals surface area contributed by atoms with E-state index in [0.29, 0.717) is 17.1 Å². The number of fused-ring (bicyclic) bond motifs is 1. The third-order valence-electron chi connectivity index (χ3n) is 3.71. The van der Waals surface area contributed by atoms with Crippen molar-refractivity contribution in [1.29, 1.82) is 0 Å². The number of nitrogens with zero attached hydrogens (tertiary/aromatic N) is 1. The molecule has 0 unspecified atom stereocenters. The maximum absolute atomic E-state index is 13.8. The Morgan fingerprint density at radius 2 is 1.92 bits per heavy atom. The van der Waals surface area contributed by atoms with Gasteiger partial charge in [0.05, 0.1) is 11.1 Å². The number of carbonyl (C=O) groups excluding carboxylic acids is 1. The predicted molar refractivity (Wildman–Crippen MR) is 83.5 cm³/mol. The van der Waals surface area contributed by atoms with Crippen molar-refractivity contribution in [1.82, 2.24) is 5.16 Å². The van der Waals surface area contributed by atoms with Gasteiger partial charge in [0.15, 0.2) is 17.3 Å². The number of hydrogen-bond acceptors (Lipinski definition) is 6. The lowest BCUT2D eigenvalue weighted by molar-refractivity contribution is 0.0464. The second-order valence-electron chi connectivity index (χ2n) is 5.45. The fourth-order valence-electron chi connectivity index (χ4n) is 2.44. The molecule has 3 aromatic rings. The molecule has 0 N–H and O–H groups in total. The van der Waals surface area contributed by atoms with E-state index in [0.717, 1.165) is 12.1 Å². The van der Waals surface area contributed by atoms with Crippen LogP contribution in [0.15, 0.2) is 47.0 Å². The summed E-state index contributed by atoms with van der Waals surface area (Å²) in [6.45, 7) is -0.0604. The first kappa shape index (κ1) is 16.1. The number of halogens is 2. The Hall–Kier alpha value is -3.42. The van der Waals surface area contributed by atoms with Gasteiger partial charge in [0.1, 0.15) is 23.9 Å². The highest BCUT2D eigenvalue weighted by Crippen LogP contribution is 2.32. The Morgan fingerprint density at radius 1 is 1.08 bits per heavy atom. The van der Waals surface area contributed by atoms with Crippen molar-refractivity contribution >= 4 is 5.97 Å². The van der Waals surface area contributed by atoms with E-state index in [1.807, 2.05) is 0 Å². The van der Waals surface area contributed by atoms with E-state index in [1.165, 1.54) is 18.2 Å². The van der Waals surface area contributed by atoms with Crippen molar-refractivity contribution in [2.75, 3.05) is 6.79 Å². The summed E-state index contributed by atoms with van der Waals surface area (Å²) >= 11 is 0. The average molecular weight is 359 g/mol. The Bertz CT molecular complexity index is 985. The zero-order chi connectivity index (χ0) is 18.1. The van der Waals surface area contributed by atoms with Crippen LogP contribution in [-0.2, 0) is 11.3 Å². The quantitative estimate of drug-likeness (QED) is 0.662. The molecule has 0 saturated carbocycles. The number of benzene rings is 2. The normalized spacial score (nSPS) is 12.2. The van der Waals surface area contributed by atoms with Gasteiger partial charge in [-0.3, -0.25) is 0 Å². The van der Waals surface area contributed by atoms with Gasteiger partial charge >= 0.3 is 5.97 Å². The fourth-order valence-corrected chi connectivity index (χ4v) is 2.44. The minimum atomic E-state index is -0.773. The Morgan fingerprint density at radius 3 is 2.77 bits per heavy atom. The molecule has 1 aliphatic rings. The Kier molecular flexibility index (Phi) is 4.00. The Balaban J connectivity index is 1.44. The number of carbonyl (C=O) groups is 1. The number of ether oxygens (including phenoxy) is 3. The van der Waals surface area contributed by atoms with E-state index >= 15 is 0 Å². The zero-order valence-electron chi connectivity index (χ0n) is 13.2. The van der Waals surface area contributed by atoms with E-state index in [2.05, 4.69) is 5.16 Å². The molecular weight excluding hydrogens is 348 g/mol. The molecule has 0 saturated heterocycles. The van der Waals surface area contributed by atoms with Crippen LogP contribution in [-0.4, -0.2) is 17.9 Å². The van der Waals surface area contributed by atoms with E-state index in [9.17, 15) is 13.6 Å². The SMILES string of the molecule is O=C(OCc1cc(-c2ccc(F)cc2F)on1)c1ccc2c(c1)OCO2. The van der Waals surface area contributed by atoms with Crippen molar-refractivity contribution in [2.45, 2.75) is 6.61 Å². The number of aromatic nitrogens is 1. The third kappa shape index (κ3) is 3.08. The highest BCUT2D eigenvalue weighted by atomic mass is 19.1. The molecular formula is C18H11F2NO5. The van der Waals surface area contributed by atoms with E-state index in [4.69, 9.17) is 18.7 Å². The van der Waals surface area contributed by atoms with Crippen molar-refractivity contribution in [2.24, 2.45) is 0 Å². The van der Waals surface area contributed by atoms with Crippen molar-refractivity contribution < 1.29 is 32.3 Å². The highest BCUT2D eigenvalue weighted by Gasteiger charge is 2.18. The maximum atomic E-state index is 13.8. The fraction of sp³-hybridized carbons (Fsp3) is 0.111. The van der Waals surface area contributed by atoms with E-state index in [1.54, 1.807) is 12.1 Å². The van der Waals surface area contributed by atoms with E-state index < -0.39 is 17.6 Å². The van der Waals surface area contributed by atoms with Crippen LogP contribution in [0.2, 0.25) is 0 Å². The molecule has 0 fully saturated rings. The molecule has 0 amide bonds. The van der Waals surface area contributed by atoms with Gasteiger partial charge in [-0.15, -0.1) is 0 Å². The standard InChI is InChI=1S/C18H11F2NO5/c19-11-2-3-13(14(20)6-11)16-7-12(21-26-16)8-23-18(22)10-1-4-15-17(5-10)25-9-24-15/h1-7H,8-9H2.